The van der Waals surface area contributed by atoms with Gasteiger partial charge in [-0.2, -0.15) is 0 Å². The zero-order valence-corrected chi connectivity index (χ0v) is 9.06. The van der Waals surface area contributed by atoms with Gasteiger partial charge in [0.25, 0.3) is 0 Å². The van der Waals surface area contributed by atoms with Crippen LogP contribution in [0, 0.1) is 5.92 Å². The number of hydrogen-bond donors (Lipinski definition) is 2. The third-order valence-corrected chi connectivity index (χ3v) is 3.09. The van der Waals surface area contributed by atoms with Crippen molar-refractivity contribution in [1.29, 1.82) is 0 Å². The minimum Gasteiger partial charge on any atom is -0.508 e. The zero-order valence-electron chi connectivity index (χ0n) is 9.06. The van der Waals surface area contributed by atoms with Crippen LogP contribution in [0.2, 0.25) is 0 Å². The maximum Gasteiger partial charge on any atom is 0.115 e. The normalized spacial score (nSPS) is 27.1. The lowest BCUT2D eigenvalue weighted by Crippen LogP contribution is -2.28. The Morgan fingerprint density at radius 1 is 1.33 bits per heavy atom. The molecule has 3 heteroatoms. The van der Waals surface area contributed by atoms with Crippen molar-refractivity contribution in [2.45, 2.75) is 19.5 Å². The van der Waals surface area contributed by atoms with Crippen molar-refractivity contribution in [2.24, 2.45) is 11.7 Å². The second kappa shape index (κ2) is 4.21. The highest BCUT2D eigenvalue weighted by Crippen LogP contribution is 2.18. The highest BCUT2D eigenvalue weighted by molar-refractivity contribution is 5.25. The van der Waals surface area contributed by atoms with E-state index in [1.54, 1.807) is 12.1 Å². The molecular weight excluding hydrogens is 188 g/mol. The first-order valence-electron chi connectivity index (χ1n) is 5.41. The minimum atomic E-state index is 0.308. The molecule has 1 heterocycles. The Balaban J connectivity index is 1.95. The van der Waals surface area contributed by atoms with Gasteiger partial charge in [-0.15, -0.1) is 0 Å². The SMILES string of the molecule is CC1CN(Cc2ccc(O)cc2)CC1N. The Morgan fingerprint density at radius 3 is 2.53 bits per heavy atom. The summed E-state index contributed by atoms with van der Waals surface area (Å²) in [7, 11) is 0. The summed E-state index contributed by atoms with van der Waals surface area (Å²) in [6.45, 7) is 5.17. The Kier molecular flexibility index (Phi) is 2.93. The lowest BCUT2D eigenvalue weighted by molar-refractivity contribution is 0.318. The van der Waals surface area contributed by atoms with Gasteiger partial charge in [-0.1, -0.05) is 19.1 Å². The molecule has 2 unspecified atom stereocenters. The van der Waals surface area contributed by atoms with E-state index in [0.717, 1.165) is 19.6 Å². The summed E-state index contributed by atoms with van der Waals surface area (Å²) in [6.07, 6.45) is 0. The molecule has 15 heavy (non-hydrogen) atoms. The topological polar surface area (TPSA) is 49.5 Å². The molecule has 1 saturated heterocycles. The van der Waals surface area contributed by atoms with Crippen LogP contribution in [0.1, 0.15) is 12.5 Å². The number of hydrogen-bond acceptors (Lipinski definition) is 3. The van der Waals surface area contributed by atoms with Crippen LogP contribution in [-0.2, 0) is 6.54 Å². The molecule has 0 amide bonds. The van der Waals surface area contributed by atoms with E-state index >= 15 is 0 Å². The fourth-order valence-corrected chi connectivity index (χ4v) is 2.08. The van der Waals surface area contributed by atoms with E-state index < -0.39 is 0 Å². The average molecular weight is 206 g/mol. The number of likely N-dealkylation sites (tertiary alicyclic amines) is 1. The van der Waals surface area contributed by atoms with Gasteiger partial charge in [-0.25, -0.2) is 0 Å². The second-order valence-corrected chi connectivity index (χ2v) is 4.50. The van der Waals surface area contributed by atoms with Crippen molar-refractivity contribution in [2.75, 3.05) is 13.1 Å². The van der Waals surface area contributed by atoms with E-state index in [9.17, 15) is 0 Å². The molecule has 0 aliphatic carbocycles. The predicted octanol–water partition coefficient (Wildman–Crippen LogP) is 1.17. The van der Waals surface area contributed by atoms with Crippen molar-refractivity contribution in [3.63, 3.8) is 0 Å². The van der Waals surface area contributed by atoms with Gasteiger partial charge in [-0.3, -0.25) is 4.90 Å². The van der Waals surface area contributed by atoms with Crippen molar-refractivity contribution < 1.29 is 5.11 Å². The standard InChI is InChI=1S/C12H18N2O/c1-9-6-14(8-12(9)13)7-10-2-4-11(15)5-3-10/h2-5,9,12,15H,6-8,13H2,1H3. The third kappa shape index (κ3) is 2.49. The number of phenolic OH excluding ortho intramolecular Hbond substituents is 1. The molecule has 2 atom stereocenters. The number of rotatable bonds is 2. The molecule has 82 valence electrons. The summed E-state index contributed by atoms with van der Waals surface area (Å²) in [5, 5.41) is 9.17. The maximum atomic E-state index is 9.17. The number of phenols is 1. The van der Waals surface area contributed by atoms with Gasteiger partial charge in [0.15, 0.2) is 0 Å². The molecule has 0 saturated carbocycles. The second-order valence-electron chi connectivity index (χ2n) is 4.50. The monoisotopic (exact) mass is 206 g/mol. The van der Waals surface area contributed by atoms with E-state index in [4.69, 9.17) is 10.8 Å². The van der Waals surface area contributed by atoms with Gasteiger partial charge in [-0.05, 0) is 23.6 Å². The Bertz CT molecular complexity index is 313. The van der Waals surface area contributed by atoms with E-state index in [2.05, 4.69) is 11.8 Å². The number of benzene rings is 1. The lowest BCUT2D eigenvalue weighted by Gasteiger charge is -2.15. The summed E-state index contributed by atoms with van der Waals surface area (Å²) in [4.78, 5) is 2.36. The third-order valence-electron chi connectivity index (χ3n) is 3.09. The van der Waals surface area contributed by atoms with Crippen molar-refractivity contribution in [3.8, 4) is 5.75 Å². The van der Waals surface area contributed by atoms with Crippen molar-refractivity contribution in [3.05, 3.63) is 29.8 Å². The first kappa shape index (κ1) is 10.5. The lowest BCUT2D eigenvalue weighted by atomic mass is 10.1. The fourth-order valence-electron chi connectivity index (χ4n) is 2.08. The maximum absolute atomic E-state index is 9.17. The predicted molar refractivity (Wildman–Crippen MR) is 60.5 cm³/mol. The fraction of sp³-hybridized carbons (Fsp3) is 0.500. The van der Waals surface area contributed by atoms with Crippen LogP contribution in [0.5, 0.6) is 5.75 Å². The largest absolute Gasteiger partial charge is 0.508 e. The van der Waals surface area contributed by atoms with E-state index in [-0.39, 0.29) is 0 Å². The molecule has 3 N–H and O–H groups in total. The minimum absolute atomic E-state index is 0.308. The highest BCUT2D eigenvalue weighted by atomic mass is 16.3. The summed E-state index contributed by atoms with van der Waals surface area (Å²) in [5.41, 5.74) is 7.20. The van der Waals surface area contributed by atoms with E-state index in [1.807, 2.05) is 12.1 Å². The molecule has 3 nitrogen and oxygen atoms in total. The highest BCUT2D eigenvalue weighted by Gasteiger charge is 2.26. The van der Waals surface area contributed by atoms with Crippen LogP contribution in [0.3, 0.4) is 0 Å². The van der Waals surface area contributed by atoms with Crippen LogP contribution < -0.4 is 5.73 Å². The Hall–Kier alpha value is -1.06. The summed E-state index contributed by atoms with van der Waals surface area (Å²) < 4.78 is 0. The summed E-state index contributed by atoms with van der Waals surface area (Å²) in [5.74, 6) is 0.910. The van der Waals surface area contributed by atoms with Crippen LogP contribution in [0.4, 0.5) is 0 Å². The average Bonchev–Trinajstić information content (AvgIpc) is 2.50. The molecule has 1 aromatic rings. The molecule has 0 radical (unpaired) electrons. The van der Waals surface area contributed by atoms with Crippen LogP contribution in [0.15, 0.2) is 24.3 Å². The summed E-state index contributed by atoms with van der Waals surface area (Å²) in [6, 6.07) is 7.69. The molecule has 0 bridgehead atoms. The van der Waals surface area contributed by atoms with Crippen LogP contribution in [0.25, 0.3) is 0 Å². The van der Waals surface area contributed by atoms with Gasteiger partial charge in [0, 0.05) is 25.7 Å². The molecule has 1 aliphatic heterocycles. The smallest absolute Gasteiger partial charge is 0.115 e. The first-order valence-corrected chi connectivity index (χ1v) is 5.41. The number of nitrogens with two attached hydrogens (primary N) is 1. The molecule has 2 rings (SSSR count). The van der Waals surface area contributed by atoms with Gasteiger partial charge >= 0.3 is 0 Å². The molecule has 1 aromatic carbocycles. The van der Waals surface area contributed by atoms with Crippen molar-refractivity contribution in [1.82, 2.24) is 4.90 Å². The number of aromatic hydroxyl groups is 1. The van der Waals surface area contributed by atoms with E-state index in [1.165, 1.54) is 5.56 Å². The number of nitrogens with zero attached hydrogens (tertiary/aromatic N) is 1. The van der Waals surface area contributed by atoms with E-state index in [0.29, 0.717) is 17.7 Å². The van der Waals surface area contributed by atoms with Gasteiger partial charge in [0.05, 0.1) is 0 Å². The van der Waals surface area contributed by atoms with Crippen LogP contribution >= 0.6 is 0 Å². The molecule has 0 spiro atoms. The van der Waals surface area contributed by atoms with Crippen molar-refractivity contribution >= 4 is 0 Å². The first-order chi connectivity index (χ1) is 7.15. The zero-order chi connectivity index (χ0) is 10.8. The molecule has 0 aromatic heterocycles. The Morgan fingerprint density at radius 2 is 2.00 bits per heavy atom. The quantitative estimate of drug-likeness (QED) is 0.763. The molecule has 1 aliphatic rings. The van der Waals surface area contributed by atoms with Gasteiger partial charge < -0.3 is 10.8 Å². The Labute approximate surface area is 90.5 Å². The van der Waals surface area contributed by atoms with Gasteiger partial charge in [0.1, 0.15) is 5.75 Å². The summed E-state index contributed by atoms with van der Waals surface area (Å²) >= 11 is 0. The molecular formula is C12H18N2O. The van der Waals surface area contributed by atoms with Gasteiger partial charge in [0.2, 0.25) is 0 Å². The molecule has 1 fully saturated rings. The van der Waals surface area contributed by atoms with Crippen LogP contribution in [-0.4, -0.2) is 29.1 Å².